The molecular weight excluding hydrogens is 544 g/mol. The Hall–Kier alpha value is -2.72. The van der Waals surface area contributed by atoms with Crippen molar-refractivity contribution in [1.82, 2.24) is 14.7 Å². The number of rotatable bonds is 10. The van der Waals surface area contributed by atoms with Gasteiger partial charge in [0.15, 0.2) is 0 Å². The minimum absolute atomic E-state index is 0.191. The minimum Gasteiger partial charge on any atom is -0.492 e. The van der Waals surface area contributed by atoms with Crippen LogP contribution in [0.2, 0.25) is 0 Å². The molecular formula is C34H45BFN3O4. The van der Waals surface area contributed by atoms with Gasteiger partial charge < -0.3 is 18.8 Å². The summed E-state index contributed by atoms with van der Waals surface area (Å²) < 4.78 is 39.7. The number of hydrogen-bond acceptors (Lipinski definition) is 6. The van der Waals surface area contributed by atoms with Crippen molar-refractivity contribution in [3.05, 3.63) is 65.3 Å². The highest BCUT2D eigenvalue weighted by Gasteiger charge is 2.52. The van der Waals surface area contributed by atoms with Gasteiger partial charge in [-0.25, -0.2) is 0 Å². The van der Waals surface area contributed by atoms with Gasteiger partial charge in [-0.3, -0.25) is 14.0 Å². The third-order valence-electron chi connectivity index (χ3n) is 9.73. The van der Waals surface area contributed by atoms with E-state index < -0.39 is 18.3 Å². The Labute approximate surface area is 255 Å². The smallest absolute Gasteiger partial charge is 0.491 e. The molecule has 43 heavy (non-hydrogen) atoms. The van der Waals surface area contributed by atoms with Gasteiger partial charge in [-0.15, -0.1) is 0 Å². The maximum absolute atomic E-state index is 12.8. The molecule has 0 amide bonds. The predicted molar refractivity (Wildman–Crippen MR) is 169 cm³/mol. The van der Waals surface area contributed by atoms with E-state index in [2.05, 4.69) is 74.5 Å². The van der Waals surface area contributed by atoms with Crippen LogP contribution < -0.4 is 4.74 Å². The number of fused-ring (bicyclic) bond motifs is 1. The number of ether oxygens (including phenoxy) is 2. The van der Waals surface area contributed by atoms with Crippen LogP contribution in [0.15, 0.2) is 54.1 Å². The van der Waals surface area contributed by atoms with E-state index in [1.54, 1.807) is 0 Å². The topological polar surface area (TPSA) is 58.0 Å². The number of allylic oxidation sites excluding steroid dienone is 1. The maximum Gasteiger partial charge on any atom is 0.491 e. The van der Waals surface area contributed by atoms with E-state index in [1.165, 1.54) is 0 Å². The van der Waals surface area contributed by atoms with Crippen LogP contribution in [0.1, 0.15) is 71.0 Å². The van der Waals surface area contributed by atoms with Crippen molar-refractivity contribution in [2.45, 2.75) is 71.1 Å². The Kier molecular flexibility index (Phi) is 8.71. The van der Waals surface area contributed by atoms with E-state index >= 15 is 0 Å². The van der Waals surface area contributed by atoms with Crippen molar-refractivity contribution < 1.29 is 23.2 Å². The van der Waals surface area contributed by atoms with E-state index in [0.29, 0.717) is 12.6 Å². The van der Waals surface area contributed by atoms with Crippen LogP contribution in [-0.2, 0) is 14.0 Å². The van der Waals surface area contributed by atoms with Gasteiger partial charge in [-0.2, -0.15) is 5.10 Å². The second-order valence-electron chi connectivity index (χ2n) is 13.2. The molecule has 0 saturated carbocycles. The molecule has 2 aromatic carbocycles. The minimum atomic E-state index is -0.453. The molecule has 9 heteroatoms. The SMILES string of the molecule is CC/C(B1OC(C)(C)C(C)(C)O1)=C(/c1ccc(OCCN2CC(CF)C2)cc1)c1ccc2c(cnn2C2CCOCC2)c1. The highest BCUT2D eigenvalue weighted by molar-refractivity contribution is 6.56. The Balaban J connectivity index is 1.31. The lowest BCUT2D eigenvalue weighted by Gasteiger charge is -2.37. The zero-order valence-electron chi connectivity index (χ0n) is 26.3. The summed E-state index contributed by atoms with van der Waals surface area (Å²) in [5.74, 6) is 1.02. The molecule has 0 unspecified atom stereocenters. The summed E-state index contributed by atoms with van der Waals surface area (Å²) in [6.45, 7) is 14.9. The Morgan fingerprint density at radius 3 is 2.33 bits per heavy atom. The standard InChI is InChI=1S/C34H45BFN3O4/c1-6-30(35-42-33(2,3)34(4,5)43-35)32(25-7-10-29(11-8-25)41-18-15-38-22-24(20-36)23-38)26-9-12-31-27(19-26)21-37-39(31)28-13-16-40-17-14-28/h7-12,19,21,24,28H,6,13-18,20,22-23H2,1-5H3/b32-30+. The van der Waals surface area contributed by atoms with Gasteiger partial charge in [-0.05, 0) is 93.4 Å². The third-order valence-corrected chi connectivity index (χ3v) is 9.73. The fraction of sp³-hybridized carbons (Fsp3) is 0.559. The van der Waals surface area contributed by atoms with Crippen molar-refractivity contribution >= 4 is 23.6 Å². The zero-order chi connectivity index (χ0) is 30.2. The van der Waals surface area contributed by atoms with Gasteiger partial charge >= 0.3 is 7.12 Å². The summed E-state index contributed by atoms with van der Waals surface area (Å²) in [6, 6.07) is 15.3. The fourth-order valence-electron chi connectivity index (χ4n) is 6.38. The van der Waals surface area contributed by atoms with Crippen molar-refractivity contribution in [3.63, 3.8) is 0 Å². The molecule has 3 aliphatic heterocycles. The van der Waals surface area contributed by atoms with Gasteiger partial charge in [0.2, 0.25) is 0 Å². The van der Waals surface area contributed by atoms with Crippen molar-refractivity contribution in [3.8, 4) is 5.75 Å². The molecule has 0 N–H and O–H groups in total. The second kappa shape index (κ2) is 12.3. The molecule has 7 nitrogen and oxygen atoms in total. The van der Waals surface area contributed by atoms with Gasteiger partial charge in [0.25, 0.3) is 0 Å². The summed E-state index contributed by atoms with van der Waals surface area (Å²) in [5.41, 5.74) is 4.71. The number of benzene rings is 2. The van der Waals surface area contributed by atoms with Crippen LogP contribution in [0.5, 0.6) is 5.75 Å². The van der Waals surface area contributed by atoms with Crippen LogP contribution in [0.4, 0.5) is 4.39 Å². The van der Waals surface area contributed by atoms with Gasteiger partial charge in [-0.1, -0.05) is 25.1 Å². The largest absolute Gasteiger partial charge is 0.492 e. The highest BCUT2D eigenvalue weighted by atomic mass is 19.1. The fourth-order valence-corrected chi connectivity index (χ4v) is 6.38. The lowest BCUT2D eigenvalue weighted by Crippen LogP contribution is -2.49. The van der Waals surface area contributed by atoms with E-state index in [-0.39, 0.29) is 12.6 Å². The predicted octanol–water partition coefficient (Wildman–Crippen LogP) is 6.51. The quantitative estimate of drug-likeness (QED) is 0.252. The molecule has 0 bridgehead atoms. The van der Waals surface area contributed by atoms with Gasteiger partial charge in [0.1, 0.15) is 12.4 Å². The first kappa shape index (κ1) is 30.3. The molecule has 0 radical (unpaired) electrons. The van der Waals surface area contributed by atoms with Crippen LogP contribution in [0.25, 0.3) is 16.5 Å². The molecule has 3 aliphatic rings. The number of likely N-dealkylation sites (tertiary alicyclic amines) is 1. The lowest BCUT2D eigenvalue weighted by atomic mass is 9.70. The average molecular weight is 590 g/mol. The molecule has 0 atom stereocenters. The third kappa shape index (κ3) is 6.14. The molecule has 0 aliphatic carbocycles. The highest BCUT2D eigenvalue weighted by Crippen LogP contribution is 2.42. The lowest BCUT2D eigenvalue weighted by molar-refractivity contribution is 0.00578. The summed E-state index contributed by atoms with van der Waals surface area (Å²) in [7, 11) is -0.453. The Bertz CT molecular complexity index is 1430. The van der Waals surface area contributed by atoms with Gasteiger partial charge in [0.05, 0.1) is 35.6 Å². The number of aromatic nitrogens is 2. The molecule has 4 heterocycles. The van der Waals surface area contributed by atoms with Crippen LogP contribution in [0, 0.1) is 5.92 Å². The average Bonchev–Trinajstić information content (AvgIpc) is 3.49. The number of halogens is 1. The Morgan fingerprint density at radius 1 is 1.00 bits per heavy atom. The number of hydrogen-bond donors (Lipinski definition) is 0. The first-order chi connectivity index (χ1) is 20.7. The van der Waals surface area contributed by atoms with Crippen LogP contribution in [0.3, 0.4) is 0 Å². The van der Waals surface area contributed by atoms with Gasteiger partial charge in [0, 0.05) is 44.2 Å². The van der Waals surface area contributed by atoms with E-state index in [0.717, 1.165) is 90.9 Å². The maximum atomic E-state index is 12.8. The molecule has 230 valence electrons. The number of nitrogens with zero attached hydrogens (tertiary/aromatic N) is 3. The van der Waals surface area contributed by atoms with Crippen molar-refractivity contribution in [2.24, 2.45) is 5.92 Å². The van der Waals surface area contributed by atoms with E-state index in [1.807, 2.05) is 18.3 Å². The Morgan fingerprint density at radius 2 is 1.67 bits per heavy atom. The molecule has 3 aromatic rings. The van der Waals surface area contributed by atoms with E-state index in [4.69, 9.17) is 23.9 Å². The van der Waals surface area contributed by atoms with Crippen molar-refractivity contribution in [1.29, 1.82) is 0 Å². The molecule has 6 rings (SSSR count). The summed E-state index contributed by atoms with van der Waals surface area (Å²) in [4.78, 5) is 2.23. The van der Waals surface area contributed by atoms with E-state index in [9.17, 15) is 4.39 Å². The molecule has 1 aromatic heterocycles. The van der Waals surface area contributed by atoms with Crippen LogP contribution in [-0.4, -0.2) is 79.1 Å². The molecule has 0 spiro atoms. The summed E-state index contributed by atoms with van der Waals surface area (Å²) in [5, 5.41) is 5.92. The summed E-state index contributed by atoms with van der Waals surface area (Å²) in [6.07, 6.45) is 4.73. The monoisotopic (exact) mass is 589 g/mol. The molecule has 3 fully saturated rings. The first-order valence-electron chi connectivity index (χ1n) is 15.8. The molecule has 3 saturated heterocycles. The van der Waals surface area contributed by atoms with Crippen LogP contribution >= 0.6 is 0 Å². The first-order valence-corrected chi connectivity index (χ1v) is 15.8. The zero-order valence-corrected chi connectivity index (χ0v) is 26.3. The van der Waals surface area contributed by atoms with Crippen molar-refractivity contribution in [2.75, 3.05) is 46.1 Å². The summed E-state index contributed by atoms with van der Waals surface area (Å²) >= 11 is 0. The number of alkyl halides is 1. The second-order valence-corrected chi connectivity index (χ2v) is 13.2. The normalized spacial score (nSPS) is 21.7.